The molecule has 1 N–H and O–H groups in total. The van der Waals surface area contributed by atoms with Gasteiger partial charge in [-0.05, 0) is 19.1 Å². The quantitative estimate of drug-likeness (QED) is 0.647. The van der Waals surface area contributed by atoms with Crippen LogP contribution >= 0.6 is 23.1 Å². The summed E-state index contributed by atoms with van der Waals surface area (Å²) >= 11 is 2.53. The second-order valence-corrected chi connectivity index (χ2v) is 5.41. The zero-order valence-electron chi connectivity index (χ0n) is 10.5. The van der Waals surface area contributed by atoms with Gasteiger partial charge >= 0.3 is 11.9 Å². The minimum Gasteiger partial charge on any atom is -0.475 e. The van der Waals surface area contributed by atoms with Crippen molar-refractivity contribution in [2.45, 2.75) is 17.8 Å². The summed E-state index contributed by atoms with van der Waals surface area (Å²) in [6.07, 6.45) is 0. The monoisotopic (exact) mass is 313 g/mol. The van der Waals surface area contributed by atoms with E-state index >= 15 is 0 Å². The van der Waals surface area contributed by atoms with E-state index < -0.39 is 11.9 Å². The van der Waals surface area contributed by atoms with Gasteiger partial charge in [0.2, 0.25) is 10.8 Å². The Morgan fingerprint density at radius 2 is 2.30 bits per heavy atom. The maximum absolute atomic E-state index is 11.4. The van der Waals surface area contributed by atoms with Gasteiger partial charge < -0.3 is 14.3 Å². The lowest BCUT2D eigenvalue weighted by Gasteiger charge is -1.96. The van der Waals surface area contributed by atoms with Crippen molar-refractivity contribution in [3.05, 3.63) is 34.0 Å². The van der Waals surface area contributed by atoms with E-state index in [1.165, 1.54) is 29.2 Å². The molecule has 20 heavy (non-hydrogen) atoms. The average molecular weight is 313 g/mol. The number of hydrogen-bond donors (Lipinski definition) is 1. The smallest absolute Gasteiger partial charge is 0.371 e. The molecule has 0 aromatic carbocycles. The molecule has 2 aromatic heterocycles. The first-order valence-electron chi connectivity index (χ1n) is 5.67. The SMILES string of the molecule is CCOC(=O)c1nc(CSc2ccc(C(=O)O)o2)cs1. The molecule has 2 aromatic rings. The van der Waals surface area contributed by atoms with Crippen LogP contribution in [0.25, 0.3) is 0 Å². The molecule has 0 saturated carbocycles. The van der Waals surface area contributed by atoms with Gasteiger partial charge in [-0.15, -0.1) is 11.3 Å². The van der Waals surface area contributed by atoms with Crippen LogP contribution in [0.1, 0.15) is 33.0 Å². The highest BCUT2D eigenvalue weighted by Crippen LogP contribution is 2.25. The van der Waals surface area contributed by atoms with Crippen LogP contribution in [-0.4, -0.2) is 28.6 Å². The summed E-state index contributed by atoms with van der Waals surface area (Å²) in [5.74, 6) is -1.14. The van der Waals surface area contributed by atoms with Crippen LogP contribution in [-0.2, 0) is 10.5 Å². The minimum atomic E-state index is -1.10. The van der Waals surface area contributed by atoms with Gasteiger partial charge in [0.25, 0.3) is 0 Å². The van der Waals surface area contributed by atoms with Crippen LogP contribution in [0.3, 0.4) is 0 Å². The van der Waals surface area contributed by atoms with E-state index in [2.05, 4.69) is 4.98 Å². The number of ether oxygens (including phenoxy) is 1. The van der Waals surface area contributed by atoms with E-state index in [1.807, 2.05) is 0 Å². The molecule has 0 fully saturated rings. The first kappa shape index (κ1) is 14.6. The molecule has 0 aliphatic heterocycles. The minimum absolute atomic E-state index is 0.0991. The molecule has 106 valence electrons. The number of thiazole rings is 1. The highest BCUT2D eigenvalue weighted by Gasteiger charge is 2.13. The number of carbonyl (C=O) groups excluding carboxylic acids is 1. The van der Waals surface area contributed by atoms with Crippen molar-refractivity contribution in [1.29, 1.82) is 0 Å². The first-order valence-corrected chi connectivity index (χ1v) is 7.54. The van der Waals surface area contributed by atoms with E-state index in [0.29, 0.717) is 22.5 Å². The summed E-state index contributed by atoms with van der Waals surface area (Å²) in [5.41, 5.74) is 0.719. The molecular formula is C12H11NO5S2. The van der Waals surface area contributed by atoms with Crippen LogP contribution in [0.5, 0.6) is 0 Å². The number of furan rings is 1. The average Bonchev–Trinajstić information content (AvgIpc) is 3.06. The fraction of sp³-hybridized carbons (Fsp3) is 0.250. The molecule has 6 nitrogen and oxygen atoms in total. The molecule has 0 amide bonds. The maximum atomic E-state index is 11.4. The van der Waals surface area contributed by atoms with Gasteiger partial charge in [-0.3, -0.25) is 0 Å². The summed E-state index contributed by atoms with van der Waals surface area (Å²) < 4.78 is 9.96. The van der Waals surface area contributed by atoms with Crippen molar-refractivity contribution in [3.8, 4) is 0 Å². The number of aromatic carboxylic acids is 1. The Morgan fingerprint density at radius 3 is 2.95 bits per heavy atom. The van der Waals surface area contributed by atoms with Crippen LogP contribution in [0.2, 0.25) is 0 Å². The number of esters is 1. The molecule has 0 unspecified atom stereocenters. The Kier molecular flexibility index (Phi) is 4.80. The van der Waals surface area contributed by atoms with Crippen molar-refractivity contribution in [1.82, 2.24) is 4.98 Å². The van der Waals surface area contributed by atoms with Gasteiger partial charge in [0.1, 0.15) is 0 Å². The number of aromatic nitrogens is 1. The Morgan fingerprint density at radius 1 is 1.50 bits per heavy atom. The van der Waals surface area contributed by atoms with E-state index in [-0.39, 0.29) is 5.76 Å². The Balaban J connectivity index is 1.93. The second kappa shape index (κ2) is 6.58. The number of carboxylic acids is 1. The molecule has 0 radical (unpaired) electrons. The van der Waals surface area contributed by atoms with E-state index in [4.69, 9.17) is 14.3 Å². The van der Waals surface area contributed by atoms with Crippen molar-refractivity contribution in [3.63, 3.8) is 0 Å². The predicted molar refractivity (Wildman–Crippen MR) is 73.3 cm³/mol. The number of nitrogens with zero attached hydrogens (tertiary/aromatic N) is 1. The van der Waals surface area contributed by atoms with Crippen LogP contribution in [0.4, 0.5) is 0 Å². The Bertz CT molecular complexity index is 619. The van der Waals surface area contributed by atoms with E-state index in [1.54, 1.807) is 18.4 Å². The summed E-state index contributed by atoms with van der Waals surface area (Å²) in [5, 5.41) is 11.3. The summed E-state index contributed by atoms with van der Waals surface area (Å²) in [6.45, 7) is 2.05. The largest absolute Gasteiger partial charge is 0.475 e. The molecule has 0 spiro atoms. The van der Waals surface area contributed by atoms with Crippen molar-refractivity contribution >= 4 is 35.0 Å². The second-order valence-electron chi connectivity index (χ2n) is 3.58. The number of carboxylic acid groups (broad SMARTS) is 1. The van der Waals surface area contributed by atoms with E-state index in [9.17, 15) is 9.59 Å². The number of hydrogen-bond acceptors (Lipinski definition) is 7. The fourth-order valence-corrected chi connectivity index (χ4v) is 2.88. The number of carbonyl (C=O) groups is 2. The van der Waals surface area contributed by atoms with Gasteiger partial charge in [-0.2, -0.15) is 0 Å². The van der Waals surface area contributed by atoms with Crippen LogP contribution in [0.15, 0.2) is 27.0 Å². The molecule has 8 heteroatoms. The molecule has 0 atom stereocenters. The van der Waals surface area contributed by atoms with Crippen molar-refractivity contribution in [2.24, 2.45) is 0 Å². The molecule has 2 heterocycles. The van der Waals surface area contributed by atoms with Gasteiger partial charge in [0.15, 0.2) is 5.09 Å². The van der Waals surface area contributed by atoms with Gasteiger partial charge in [0, 0.05) is 11.1 Å². The third kappa shape index (κ3) is 3.61. The van der Waals surface area contributed by atoms with Gasteiger partial charge in [-0.25, -0.2) is 14.6 Å². The number of rotatable bonds is 6. The normalized spacial score (nSPS) is 10.4. The lowest BCUT2D eigenvalue weighted by atomic mass is 10.5. The molecular weight excluding hydrogens is 302 g/mol. The molecule has 0 aliphatic rings. The van der Waals surface area contributed by atoms with Gasteiger partial charge in [-0.1, -0.05) is 11.8 Å². The first-order chi connectivity index (χ1) is 9.60. The third-order valence-corrected chi connectivity index (χ3v) is 3.97. The highest BCUT2D eigenvalue weighted by molar-refractivity contribution is 7.98. The summed E-state index contributed by atoms with van der Waals surface area (Å²) in [7, 11) is 0. The van der Waals surface area contributed by atoms with Crippen LogP contribution < -0.4 is 0 Å². The van der Waals surface area contributed by atoms with Gasteiger partial charge in [0.05, 0.1) is 12.3 Å². The number of thioether (sulfide) groups is 1. The molecule has 0 bridgehead atoms. The molecule has 0 saturated heterocycles. The summed E-state index contributed by atoms with van der Waals surface area (Å²) in [4.78, 5) is 26.3. The van der Waals surface area contributed by atoms with Crippen LogP contribution in [0, 0.1) is 0 Å². The Labute approximate surface area is 122 Å². The van der Waals surface area contributed by atoms with E-state index in [0.717, 1.165) is 5.69 Å². The maximum Gasteiger partial charge on any atom is 0.371 e. The zero-order chi connectivity index (χ0) is 14.5. The highest BCUT2D eigenvalue weighted by atomic mass is 32.2. The zero-order valence-corrected chi connectivity index (χ0v) is 12.1. The molecule has 0 aliphatic carbocycles. The Hall–Kier alpha value is -1.80. The van der Waals surface area contributed by atoms with Crippen molar-refractivity contribution in [2.75, 3.05) is 6.61 Å². The summed E-state index contributed by atoms with van der Waals surface area (Å²) in [6, 6.07) is 2.99. The topological polar surface area (TPSA) is 89.6 Å². The predicted octanol–water partition coefficient (Wildman–Crippen LogP) is 2.90. The lowest BCUT2D eigenvalue weighted by Crippen LogP contribution is -2.03. The fourth-order valence-electron chi connectivity index (χ4n) is 1.32. The van der Waals surface area contributed by atoms with Crippen molar-refractivity contribution < 1.29 is 23.8 Å². The lowest BCUT2D eigenvalue weighted by molar-refractivity contribution is 0.0525. The third-order valence-electron chi connectivity index (χ3n) is 2.16. The molecule has 2 rings (SSSR count). The standard InChI is InChI=1S/C12H11NO5S2/c1-2-17-12(16)10-13-7(6-20-10)5-19-9-4-3-8(18-9)11(14)15/h3-4,6H,2,5H2,1H3,(H,14,15).